The number of piperidine rings is 2. The van der Waals surface area contributed by atoms with Crippen LogP contribution in [0, 0.1) is 0 Å². The lowest BCUT2D eigenvalue weighted by Crippen LogP contribution is -2.48. The molecule has 276 valence electrons. The maximum atomic E-state index is 12.5. The number of hydrogen-bond donors (Lipinski definition) is 1. The molecule has 2 aliphatic rings. The van der Waals surface area contributed by atoms with Crippen molar-refractivity contribution in [3.63, 3.8) is 0 Å². The van der Waals surface area contributed by atoms with Gasteiger partial charge < -0.3 is 19.6 Å². The Morgan fingerprint density at radius 2 is 1.00 bits per heavy atom. The highest BCUT2D eigenvalue weighted by molar-refractivity contribution is 9.09. The number of carbonyl (C=O) groups excluding carboxylic acids is 5. The number of hydrogen-bond acceptors (Lipinski definition) is 7. The molecule has 53 heavy (non-hydrogen) atoms. The molecule has 2 unspecified atom stereocenters. The summed E-state index contributed by atoms with van der Waals surface area (Å²) in [4.78, 5) is 73.8. The van der Waals surface area contributed by atoms with E-state index in [-0.39, 0.29) is 30.0 Å². The summed E-state index contributed by atoms with van der Waals surface area (Å²) in [6.45, 7) is 0.440. The van der Waals surface area contributed by atoms with Crippen LogP contribution in [0.15, 0.2) is 121 Å². The molecule has 0 saturated carbocycles. The summed E-state index contributed by atoms with van der Waals surface area (Å²) in [6, 6.07) is 35.6. The number of esters is 1. The summed E-state index contributed by atoms with van der Waals surface area (Å²) >= 11 is 3.10. The van der Waals surface area contributed by atoms with Crippen LogP contribution in [0.2, 0.25) is 0 Å². The van der Waals surface area contributed by atoms with Gasteiger partial charge in [-0.25, -0.2) is 9.59 Å². The predicted octanol–water partition coefficient (Wildman–Crippen LogP) is 6.91. The number of carbonyl (C=O) groups is 6. The van der Waals surface area contributed by atoms with Gasteiger partial charge in [0.25, 0.3) is 0 Å². The van der Waals surface area contributed by atoms with Gasteiger partial charge in [-0.15, -0.1) is 0 Å². The minimum Gasteiger partial charge on any atom is -0.480 e. The van der Waals surface area contributed by atoms with Crippen LogP contribution in [0.5, 0.6) is 0 Å². The van der Waals surface area contributed by atoms with E-state index in [9.17, 15) is 28.8 Å². The molecule has 6 rings (SSSR count). The highest BCUT2D eigenvalue weighted by atomic mass is 79.9. The first-order valence-corrected chi connectivity index (χ1v) is 18.6. The van der Waals surface area contributed by atoms with Crippen LogP contribution in [0.3, 0.4) is 0 Å². The Balaban J connectivity index is 0.000000198. The number of alkyl halides is 1. The zero-order chi connectivity index (χ0) is 38.0. The van der Waals surface area contributed by atoms with E-state index in [0.29, 0.717) is 62.5 Å². The van der Waals surface area contributed by atoms with E-state index in [0.717, 1.165) is 16.7 Å². The molecule has 2 fully saturated rings. The van der Waals surface area contributed by atoms with Gasteiger partial charge in [0.05, 0.1) is 5.33 Å². The SMILES string of the molecule is O=C(CBr)c1ccccc1.O=C(COC(=O)C1CCCC(=O)N1Cc1ccccc1)c1ccccc1.O=C(O)C1CCCC(=O)N1Cc1ccccc1. The second kappa shape index (κ2) is 21.2. The van der Waals surface area contributed by atoms with Gasteiger partial charge in [-0.1, -0.05) is 137 Å². The third-order valence-corrected chi connectivity index (χ3v) is 9.25. The molecule has 2 heterocycles. The number of amides is 2. The Labute approximate surface area is 317 Å². The van der Waals surface area contributed by atoms with Crippen LogP contribution >= 0.6 is 15.9 Å². The molecule has 0 spiro atoms. The summed E-state index contributed by atoms with van der Waals surface area (Å²) in [5.74, 6) is -1.67. The minimum absolute atomic E-state index is 0.0589. The maximum Gasteiger partial charge on any atom is 0.329 e. The van der Waals surface area contributed by atoms with Crippen LogP contribution in [0.1, 0.15) is 70.4 Å². The topological polar surface area (TPSA) is 138 Å². The van der Waals surface area contributed by atoms with E-state index >= 15 is 0 Å². The van der Waals surface area contributed by atoms with Crippen molar-refractivity contribution in [1.82, 2.24) is 9.80 Å². The van der Waals surface area contributed by atoms with Crippen LogP contribution < -0.4 is 0 Å². The largest absolute Gasteiger partial charge is 0.480 e. The lowest BCUT2D eigenvalue weighted by atomic mass is 10.0. The summed E-state index contributed by atoms with van der Waals surface area (Å²) in [5, 5.41) is 9.51. The summed E-state index contributed by atoms with van der Waals surface area (Å²) in [7, 11) is 0. The van der Waals surface area contributed by atoms with Gasteiger partial charge in [0.1, 0.15) is 12.1 Å². The van der Waals surface area contributed by atoms with Crippen molar-refractivity contribution in [3.05, 3.63) is 144 Å². The minimum atomic E-state index is -0.908. The van der Waals surface area contributed by atoms with Gasteiger partial charge in [0.15, 0.2) is 18.2 Å². The highest BCUT2D eigenvalue weighted by Crippen LogP contribution is 2.23. The number of carboxylic acids is 1. The standard InChI is InChI=1S/C21H21NO4.C13H15NO3.C8H7BrO/c23-19(17-10-5-2-6-11-17)15-26-21(25)18-12-7-13-20(24)22(18)14-16-8-3-1-4-9-16;15-12-8-4-7-11(13(16)17)14(12)9-10-5-2-1-3-6-10;9-6-8(10)7-4-2-1-3-5-7/h1-6,8-11,18H,7,12-15H2;1-3,5-6,11H,4,7-9H2,(H,16,17);1-5H,6H2. The summed E-state index contributed by atoms with van der Waals surface area (Å²) in [6.07, 6.45) is 3.30. The molecule has 0 bridgehead atoms. The van der Waals surface area contributed by atoms with E-state index < -0.39 is 24.0 Å². The average Bonchev–Trinajstić information content (AvgIpc) is 3.20. The normalized spacial score (nSPS) is 16.6. The van der Waals surface area contributed by atoms with Crippen LogP contribution in [-0.4, -0.2) is 74.2 Å². The Hall–Kier alpha value is -5.42. The number of Topliss-reactive ketones (excluding diaryl/α,β-unsaturated/α-hetero) is 2. The van der Waals surface area contributed by atoms with Crippen molar-refractivity contribution in [2.75, 3.05) is 11.9 Å². The smallest absolute Gasteiger partial charge is 0.329 e. The Kier molecular flexibility index (Phi) is 16.1. The lowest BCUT2D eigenvalue weighted by Gasteiger charge is -2.34. The highest BCUT2D eigenvalue weighted by Gasteiger charge is 2.35. The van der Waals surface area contributed by atoms with Gasteiger partial charge in [-0.2, -0.15) is 0 Å². The molecular formula is C42H43BrN2O8. The predicted molar refractivity (Wildman–Crippen MR) is 203 cm³/mol. The van der Waals surface area contributed by atoms with Crippen LogP contribution in [0.25, 0.3) is 0 Å². The lowest BCUT2D eigenvalue weighted by molar-refractivity contribution is -0.157. The number of rotatable bonds is 11. The molecule has 0 aliphatic carbocycles. The van der Waals surface area contributed by atoms with Gasteiger partial charge >= 0.3 is 11.9 Å². The Bertz CT molecular complexity index is 1810. The monoisotopic (exact) mass is 782 g/mol. The first kappa shape index (κ1) is 40.4. The molecule has 2 saturated heterocycles. The van der Waals surface area contributed by atoms with Gasteiger partial charge in [0.2, 0.25) is 11.8 Å². The Morgan fingerprint density at radius 3 is 1.43 bits per heavy atom. The summed E-state index contributed by atoms with van der Waals surface area (Å²) < 4.78 is 5.23. The molecule has 0 radical (unpaired) electrons. The molecule has 10 nitrogen and oxygen atoms in total. The zero-order valence-electron chi connectivity index (χ0n) is 29.4. The first-order valence-electron chi connectivity index (χ1n) is 17.5. The molecule has 11 heteroatoms. The average molecular weight is 784 g/mol. The van der Waals surface area contributed by atoms with Gasteiger partial charge in [0, 0.05) is 37.1 Å². The first-order chi connectivity index (χ1) is 25.7. The van der Waals surface area contributed by atoms with Crippen molar-refractivity contribution in [3.8, 4) is 0 Å². The number of ketones is 2. The molecule has 2 atom stereocenters. The second-order valence-electron chi connectivity index (χ2n) is 12.5. The number of carboxylic acid groups (broad SMARTS) is 1. The van der Waals surface area contributed by atoms with Crippen molar-refractivity contribution < 1.29 is 38.6 Å². The fourth-order valence-corrected chi connectivity index (χ4v) is 6.26. The molecule has 2 aliphatic heterocycles. The van der Waals surface area contributed by atoms with Crippen LogP contribution in [0.4, 0.5) is 0 Å². The number of ether oxygens (including phenoxy) is 1. The van der Waals surface area contributed by atoms with E-state index in [1.165, 1.54) is 4.90 Å². The molecule has 4 aromatic rings. The number of likely N-dealkylation sites (tertiary alicyclic amines) is 2. The van der Waals surface area contributed by atoms with Gasteiger partial charge in [-0.05, 0) is 36.8 Å². The second-order valence-corrected chi connectivity index (χ2v) is 13.0. The van der Waals surface area contributed by atoms with E-state index in [2.05, 4.69) is 15.9 Å². The van der Waals surface area contributed by atoms with Crippen molar-refractivity contribution in [2.45, 2.75) is 63.7 Å². The molecule has 1 N–H and O–H groups in total. The zero-order valence-corrected chi connectivity index (χ0v) is 30.9. The fourth-order valence-electron chi connectivity index (χ4n) is 5.94. The third-order valence-electron chi connectivity index (χ3n) is 8.74. The number of benzene rings is 4. The molecule has 4 aromatic carbocycles. The van der Waals surface area contributed by atoms with Crippen LogP contribution in [-0.2, 0) is 37.0 Å². The third kappa shape index (κ3) is 12.6. The number of aliphatic carboxylic acids is 1. The van der Waals surface area contributed by atoms with Crippen molar-refractivity contribution in [1.29, 1.82) is 0 Å². The molecular weight excluding hydrogens is 740 g/mol. The maximum absolute atomic E-state index is 12.5. The molecule has 2 amide bonds. The van der Waals surface area contributed by atoms with E-state index in [4.69, 9.17) is 9.84 Å². The van der Waals surface area contributed by atoms with Gasteiger partial charge in [-0.3, -0.25) is 19.2 Å². The summed E-state index contributed by atoms with van der Waals surface area (Å²) in [5.41, 5.74) is 3.19. The number of nitrogens with zero attached hydrogens (tertiary/aromatic N) is 2. The van der Waals surface area contributed by atoms with E-state index in [1.54, 1.807) is 29.2 Å². The Morgan fingerprint density at radius 1 is 0.604 bits per heavy atom. The molecule has 0 aromatic heterocycles. The number of halogens is 1. The van der Waals surface area contributed by atoms with Crippen molar-refractivity contribution >= 4 is 51.2 Å². The van der Waals surface area contributed by atoms with E-state index in [1.807, 2.05) is 97.1 Å². The van der Waals surface area contributed by atoms with Crippen molar-refractivity contribution in [2.24, 2.45) is 0 Å². The fraction of sp³-hybridized carbons (Fsp3) is 0.286. The quantitative estimate of drug-likeness (QED) is 0.0985.